The number of carbonyl (C=O) groups is 1. The molecular formula is C19H26F3N3O3. The van der Waals surface area contributed by atoms with Crippen LogP contribution in [-0.4, -0.2) is 69.0 Å². The minimum Gasteiger partial charge on any atom is -0.378 e. The summed E-state index contributed by atoms with van der Waals surface area (Å²) in [6.07, 6.45) is -4.46. The van der Waals surface area contributed by atoms with Crippen LogP contribution in [0.2, 0.25) is 0 Å². The molecule has 3 rings (SSSR count). The third-order valence-corrected chi connectivity index (χ3v) is 4.81. The molecule has 0 aliphatic carbocycles. The summed E-state index contributed by atoms with van der Waals surface area (Å²) in [4.78, 5) is 16.5. The van der Waals surface area contributed by atoms with Crippen LogP contribution in [0, 0.1) is 0 Å². The van der Waals surface area contributed by atoms with E-state index < -0.39 is 11.7 Å². The summed E-state index contributed by atoms with van der Waals surface area (Å²) in [5.41, 5.74) is -0.0297. The van der Waals surface area contributed by atoms with E-state index in [4.69, 9.17) is 9.47 Å². The highest BCUT2D eigenvalue weighted by Gasteiger charge is 2.32. The Morgan fingerprint density at radius 2 is 1.82 bits per heavy atom. The van der Waals surface area contributed by atoms with Crippen LogP contribution in [0.5, 0.6) is 0 Å². The molecule has 9 heteroatoms. The largest absolute Gasteiger partial charge is 0.416 e. The summed E-state index contributed by atoms with van der Waals surface area (Å²) in [7, 11) is 0. The van der Waals surface area contributed by atoms with Gasteiger partial charge in [-0.05, 0) is 32.0 Å². The molecule has 2 fully saturated rings. The van der Waals surface area contributed by atoms with Gasteiger partial charge in [0, 0.05) is 26.2 Å². The molecule has 156 valence electrons. The second-order valence-corrected chi connectivity index (χ2v) is 7.33. The fourth-order valence-electron chi connectivity index (χ4n) is 3.70. The van der Waals surface area contributed by atoms with E-state index in [1.54, 1.807) is 0 Å². The van der Waals surface area contributed by atoms with Gasteiger partial charge < -0.3 is 19.7 Å². The van der Waals surface area contributed by atoms with E-state index in [1.807, 2.05) is 23.6 Å². The van der Waals surface area contributed by atoms with E-state index in [1.165, 1.54) is 6.07 Å². The summed E-state index contributed by atoms with van der Waals surface area (Å²) in [6, 6.07) is 3.47. The number of hydrogen-bond donors (Lipinski definition) is 1. The third-order valence-electron chi connectivity index (χ3n) is 4.81. The van der Waals surface area contributed by atoms with Gasteiger partial charge in [-0.3, -0.25) is 9.69 Å². The topological polar surface area (TPSA) is 54.0 Å². The van der Waals surface area contributed by atoms with Crippen LogP contribution in [0.3, 0.4) is 0 Å². The molecule has 1 N–H and O–H groups in total. The van der Waals surface area contributed by atoms with Crippen molar-refractivity contribution < 1.29 is 27.4 Å². The fourth-order valence-corrected chi connectivity index (χ4v) is 3.70. The molecule has 1 aromatic rings. The molecule has 0 unspecified atom stereocenters. The average molecular weight is 401 g/mol. The Balaban J connectivity index is 1.76. The van der Waals surface area contributed by atoms with Gasteiger partial charge in [0.2, 0.25) is 5.91 Å². The van der Waals surface area contributed by atoms with Crippen molar-refractivity contribution in [2.75, 3.05) is 56.2 Å². The number of halogens is 3. The monoisotopic (exact) mass is 401 g/mol. The maximum Gasteiger partial charge on any atom is 0.416 e. The quantitative estimate of drug-likeness (QED) is 0.841. The van der Waals surface area contributed by atoms with Gasteiger partial charge in [0.05, 0.1) is 48.9 Å². The van der Waals surface area contributed by atoms with Crippen molar-refractivity contribution in [1.82, 2.24) is 4.90 Å². The van der Waals surface area contributed by atoms with Crippen LogP contribution in [-0.2, 0) is 20.4 Å². The predicted octanol–water partition coefficient (Wildman–Crippen LogP) is 2.59. The molecule has 1 aromatic carbocycles. The lowest BCUT2D eigenvalue weighted by Gasteiger charge is -2.35. The number of anilines is 2. The molecule has 2 saturated heterocycles. The zero-order chi connectivity index (χ0) is 20.3. The predicted molar refractivity (Wildman–Crippen MR) is 99.6 cm³/mol. The first kappa shape index (κ1) is 20.9. The van der Waals surface area contributed by atoms with E-state index in [0.29, 0.717) is 45.1 Å². The molecule has 0 spiro atoms. The highest BCUT2D eigenvalue weighted by Crippen LogP contribution is 2.35. The van der Waals surface area contributed by atoms with Gasteiger partial charge in [-0.25, -0.2) is 0 Å². The number of benzene rings is 1. The summed E-state index contributed by atoms with van der Waals surface area (Å²) in [6.45, 7) is 7.31. The van der Waals surface area contributed by atoms with Gasteiger partial charge in [-0.1, -0.05) is 0 Å². The summed E-state index contributed by atoms with van der Waals surface area (Å²) < 4.78 is 50.5. The standard InChI is InChI=1S/C19H26F3N3O3/c1-13-10-24(11-14(2)28-13)12-18(26)23-16-9-15(19(20,21)22)3-4-17(16)25-5-7-27-8-6-25/h3-4,9,13-14H,5-8,10-12H2,1-2H3,(H,23,26)/t13-,14-/m0/s1. The lowest BCUT2D eigenvalue weighted by molar-refractivity contribution is -0.137. The van der Waals surface area contributed by atoms with Crippen LogP contribution in [0.25, 0.3) is 0 Å². The molecule has 0 bridgehead atoms. The van der Waals surface area contributed by atoms with Gasteiger partial charge in [-0.2, -0.15) is 13.2 Å². The van der Waals surface area contributed by atoms with E-state index in [0.717, 1.165) is 12.1 Å². The minimum atomic E-state index is -4.47. The second kappa shape index (κ2) is 8.67. The molecular weight excluding hydrogens is 375 g/mol. The minimum absolute atomic E-state index is 0.00835. The van der Waals surface area contributed by atoms with Gasteiger partial charge in [0.15, 0.2) is 0 Å². The van der Waals surface area contributed by atoms with Crippen molar-refractivity contribution in [3.05, 3.63) is 23.8 Å². The Bertz CT molecular complexity index is 683. The molecule has 0 saturated carbocycles. The summed E-state index contributed by atoms with van der Waals surface area (Å²) >= 11 is 0. The number of rotatable bonds is 4. The lowest BCUT2D eigenvalue weighted by atomic mass is 10.1. The fraction of sp³-hybridized carbons (Fsp3) is 0.632. The number of morpholine rings is 2. The number of ether oxygens (including phenoxy) is 2. The highest BCUT2D eigenvalue weighted by atomic mass is 19.4. The zero-order valence-corrected chi connectivity index (χ0v) is 16.1. The third kappa shape index (κ3) is 5.36. The van der Waals surface area contributed by atoms with Crippen LogP contribution in [0.4, 0.5) is 24.5 Å². The van der Waals surface area contributed by atoms with Crippen LogP contribution < -0.4 is 10.2 Å². The smallest absolute Gasteiger partial charge is 0.378 e. The van der Waals surface area contributed by atoms with Crippen LogP contribution >= 0.6 is 0 Å². The highest BCUT2D eigenvalue weighted by molar-refractivity contribution is 5.95. The van der Waals surface area contributed by atoms with Crippen molar-refractivity contribution in [1.29, 1.82) is 0 Å². The SMILES string of the molecule is C[C@H]1CN(CC(=O)Nc2cc(C(F)(F)F)ccc2N2CCOCC2)C[C@H](C)O1. The molecule has 6 nitrogen and oxygen atoms in total. The zero-order valence-electron chi connectivity index (χ0n) is 16.1. The molecule has 28 heavy (non-hydrogen) atoms. The first-order chi connectivity index (χ1) is 13.2. The van der Waals surface area contributed by atoms with Crippen molar-refractivity contribution >= 4 is 17.3 Å². The molecule has 1 amide bonds. The number of alkyl halides is 3. The van der Waals surface area contributed by atoms with Gasteiger partial charge in [0.25, 0.3) is 0 Å². The maximum atomic E-state index is 13.2. The Labute approximate surface area is 162 Å². The molecule has 0 aromatic heterocycles. The van der Waals surface area contributed by atoms with Crippen molar-refractivity contribution in [2.24, 2.45) is 0 Å². The van der Waals surface area contributed by atoms with Gasteiger partial charge in [-0.15, -0.1) is 0 Å². The maximum absolute atomic E-state index is 13.2. The normalized spacial score (nSPS) is 24.2. The first-order valence-corrected chi connectivity index (χ1v) is 9.44. The van der Waals surface area contributed by atoms with Crippen LogP contribution in [0.15, 0.2) is 18.2 Å². The first-order valence-electron chi connectivity index (χ1n) is 9.44. The summed E-state index contributed by atoms with van der Waals surface area (Å²) in [5, 5.41) is 2.69. The Morgan fingerprint density at radius 1 is 1.18 bits per heavy atom. The van der Waals surface area contributed by atoms with Crippen molar-refractivity contribution in [3.63, 3.8) is 0 Å². The van der Waals surface area contributed by atoms with Crippen LogP contribution in [0.1, 0.15) is 19.4 Å². The van der Waals surface area contributed by atoms with Gasteiger partial charge in [0.1, 0.15) is 0 Å². The summed E-state index contributed by atoms with van der Waals surface area (Å²) in [5.74, 6) is -0.338. The van der Waals surface area contributed by atoms with E-state index >= 15 is 0 Å². The van der Waals surface area contributed by atoms with E-state index in [-0.39, 0.29) is 30.3 Å². The number of carbonyl (C=O) groups excluding carboxylic acids is 1. The molecule has 2 aliphatic heterocycles. The Hall–Kier alpha value is -1.84. The van der Waals surface area contributed by atoms with Crippen molar-refractivity contribution in [3.8, 4) is 0 Å². The lowest BCUT2D eigenvalue weighted by Crippen LogP contribution is -2.48. The molecule has 2 atom stereocenters. The Kier molecular flexibility index (Phi) is 6.47. The molecule has 2 heterocycles. The van der Waals surface area contributed by atoms with E-state index in [2.05, 4.69) is 5.32 Å². The average Bonchev–Trinajstić information content (AvgIpc) is 2.60. The van der Waals surface area contributed by atoms with Gasteiger partial charge >= 0.3 is 6.18 Å². The molecule has 2 aliphatic rings. The molecule has 0 radical (unpaired) electrons. The number of amides is 1. The van der Waals surface area contributed by atoms with Crippen molar-refractivity contribution in [2.45, 2.75) is 32.2 Å². The number of nitrogens with one attached hydrogen (secondary N) is 1. The number of nitrogens with zero attached hydrogens (tertiary/aromatic N) is 2. The second-order valence-electron chi connectivity index (χ2n) is 7.33. The number of hydrogen-bond acceptors (Lipinski definition) is 5. The Morgan fingerprint density at radius 3 is 2.43 bits per heavy atom. The van der Waals surface area contributed by atoms with E-state index in [9.17, 15) is 18.0 Å².